The van der Waals surface area contributed by atoms with Gasteiger partial charge in [-0.05, 0) is 37.5 Å². The van der Waals surface area contributed by atoms with Gasteiger partial charge in [-0.3, -0.25) is 14.2 Å². The Labute approximate surface area is 195 Å². The average Bonchev–Trinajstić information content (AvgIpc) is 2.95. The fraction of sp³-hybridized carbons (Fsp3) is 0.435. The summed E-state index contributed by atoms with van der Waals surface area (Å²) in [5.41, 5.74) is 2.11. The van der Waals surface area contributed by atoms with E-state index >= 15 is 0 Å². The van der Waals surface area contributed by atoms with Crippen LogP contribution in [-0.2, 0) is 17.7 Å². The maximum atomic E-state index is 13.3. The number of hydrogen-bond acceptors (Lipinski definition) is 6. The van der Waals surface area contributed by atoms with Crippen LogP contribution in [0.25, 0.3) is 10.2 Å². The predicted molar refractivity (Wildman–Crippen MR) is 129 cm³/mol. The van der Waals surface area contributed by atoms with Gasteiger partial charge in [-0.2, -0.15) is 0 Å². The molecule has 32 heavy (non-hydrogen) atoms. The summed E-state index contributed by atoms with van der Waals surface area (Å²) in [4.78, 5) is 34.6. The Morgan fingerprint density at radius 3 is 2.81 bits per heavy atom. The van der Waals surface area contributed by atoms with Crippen molar-refractivity contribution in [3.63, 3.8) is 0 Å². The molecule has 1 saturated heterocycles. The number of rotatable bonds is 3. The van der Waals surface area contributed by atoms with Gasteiger partial charge in [0.15, 0.2) is 0 Å². The molecule has 7 nitrogen and oxygen atoms in total. The molecule has 0 aliphatic carbocycles. The van der Waals surface area contributed by atoms with E-state index in [9.17, 15) is 9.59 Å². The molecule has 0 bridgehead atoms. The standard InChI is InChI=1S/C23H25ClN4O3S/c1-14-18-22(26-17-8-3-2-4-9-28(17)23(18)30)32-20(14)21(29)25-16-7-5-6-15(24)19(16)27-10-12-31-13-11-27/h5-7H,2-4,8-13H2,1H3,(H,25,29). The second kappa shape index (κ2) is 8.84. The first-order chi connectivity index (χ1) is 15.5. The fourth-order valence-electron chi connectivity index (χ4n) is 4.53. The Morgan fingerprint density at radius 1 is 1.19 bits per heavy atom. The molecular weight excluding hydrogens is 448 g/mol. The average molecular weight is 473 g/mol. The van der Waals surface area contributed by atoms with Gasteiger partial charge in [0.25, 0.3) is 11.5 Å². The SMILES string of the molecule is Cc1c(C(=O)Nc2cccc(Cl)c2N2CCOCC2)sc2nc3n(c(=O)c12)CCCCC3. The number of carbonyl (C=O) groups excluding carboxylic acids is 1. The van der Waals surface area contributed by atoms with Crippen molar-refractivity contribution in [2.45, 2.75) is 39.2 Å². The lowest BCUT2D eigenvalue weighted by atomic mass is 10.2. The van der Waals surface area contributed by atoms with Gasteiger partial charge < -0.3 is 15.0 Å². The number of morpholine rings is 1. The number of aryl methyl sites for hydroxylation is 2. The van der Waals surface area contributed by atoms with Crippen LogP contribution in [0.15, 0.2) is 23.0 Å². The van der Waals surface area contributed by atoms with Crippen molar-refractivity contribution in [2.75, 3.05) is 36.5 Å². The van der Waals surface area contributed by atoms with E-state index in [0.717, 1.165) is 37.2 Å². The van der Waals surface area contributed by atoms with Crippen molar-refractivity contribution in [2.24, 2.45) is 0 Å². The van der Waals surface area contributed by atoms with E-state index in [0.29, 0.717) is 64.2 Å². The van der Waals surface area contributed by atoms with Crippen LogP contribution in [0.2, 0.25) is 5.02 Å². The summed E-state index contributed by atoms with van der Waals surface area (Å²) in [6.07, 6.45) is 3.92. The number of anilines is 2. The topological polar surface area (TPSA) is 76.5 Å². The van der Waals surface area contributed by atoms with Gasteiger partial charge in [-0.15, -0.1) is 11.3 Å². The highest BCUT2D eigenvalue weighted by Crippen LogP contribution is 2.36. The molecule has 1 aromatic carbocycles. The molecule has 0 atom stereocenters. The van der Waals surface area contributed by atoms with Gasteiger partial charge >= 0.3 is 0 Å². The smallest absolute Gasteiger partial charge is 0.266 e. The van der Waals surface area contributed by atoms with Crippen LogP contribution in [0.5, 0.6) is 0 Å². The third-order valence-corrected chi connectivity index (χ3v) is 7.67. The minimum Gasteiger partial charge on any atom is -0.378 e. The summed E-state index contributed by atoms with van der Waals surface area (Å²) in [5.74, 6) is 0.583. The maximum absolute atomic E-state index is 13.3. The zero-order chi connectivity index (χ0) is 22.2. The van der Waals surface area contributed by atoms with Crippen LogP contribution in [0.3, 0.4) is 0 Å². The molecule has 1 amide bonds. The Kier molecular flexibility index (Phi) is 5.92. The number of benzene rings is 1. The monoisotopic (exact) mass is 472 g/mol. The second-order valence-electron chi connectivity index (χ2n) is 8.22. The highest BCUT2D eigenvalue weighted by atomic mass is 35.5. The van der Waals surface area contributed by atoms with Crippen molar-refractivity contribution in [1.82, 2.24) is 9.55 Å². The molecule has 3 aromatic rings. The van der Waals surface area contributed by atoms with Gasteiger partial charge in [0, 0.05) is 26.1 Å². The first-order valence-corrected chi connectivity index (χ1v) is 12.2. The van der Waals surface area contributed by atoms with Crippen LogP contribution in [0.4, 0.5) is 11.4 Å². The number of amides is 1. The Hall–Kier alpha value is -2.42. The molecule has 4 heterocycles. The highest BCUT2D eigenvalue weighted by molar-refractivity contribution is 7.20. The molecule has 168 valence electrons. The molecule has 2 aromatic heterocycles. The van der Waals surface area contributed by atoms with E-state index in [2.05, 4.69) is 10.2 Å². The number of nitrogens with zero attached hydrogens (tertiary/aromatic N) is 3. The number of ether oxygens (including phenoxy) is 1. The molecule has 1 fully saturated rings. The lowest BCUT2D eigenvalue weighted by Gasteiger charge is -2.31. The number of hydrogen-bond donors (Lipinski definition) is 1. The summed E-state index contributed by atoms with van der Waals surface area (Å²) in [7, 11) is 0. The quantitative estimate of drug-likeness (QED) is 0.617. The molecule has 2 aliphatic heterocycles. The molecule has 0 unspecified atom stereocenters. The third kappa shape index (κ3) is 3.80. The van der Waals surface area contributed by atoms with Gasteiger partial charge in [0.1, 0.15) is 10.7 Å². The molecule has 5 rings (SSSR count). The second-order valence-corrected chi connectivity index (χ2v) is 9.63. The van der Waals surface area contributed by atoms with E-state index in [-0.39, 0.29) is 11.5 Å². The Morgan fingerprint density at radius 2 is 2.00 bits per heavy atom. The van der Waals surface area contributed by atoms with E-state index in [1.807, 2.05) is 25.1 Å². The van der Waals surface area contributed by atoms with Crippen LogP contribution in [0.1, 0.15) is 40.3 Å². The summed E-state index contributed by atoms with van der Waals surface area (Å²) in [5, 5.41) is 4.18. The van der Waals surface area contributed by atoms with E-state index in [4.69, 9.17) is 21.3 Å². The lowest BCUT2D eigenvalue weighted by Crippen LogP contribution is -2.37. The number of carbonyl (C=O) groups is 1. The molecule has 0 radical (unpaired) electrons. The molecule has 1 N–H and O–H groups in total. The first kappa shape index (κ1) is 21.4. The van der Waals surface area contributed by atoms with Crippen molar-refractivity contribution in [3.8, 4) is 0 Å². The van der Waals surface area contributed by atoms with Crippen molar-refractivity contribution in [1.29, 1.82) is 0 Å². The van der Waals surface area contributed by atoms with Crippen molar-refractivity contribution >= 4 is 50.4 Å². The minimum atomic E-state index is -0.248. The van der Waals surface area contributed by atoms with Crippen LogP contribution < -0.4 is 15.8 Å². The highest BCUT2D eigenvalue weighted by Gasteiger charge is 2.24. The number of para-hydroxylation sites is 1. The number of halogens is 1. The molecule has 2 aliphatic rings. The van der Waals surface area contributed by atoms with Crippen LogP contribution in [-0.4, -0.2) is 41.8 Å². The molecule has 9 heteroatoms. The maximum Gasteiger partial charge on any atom is 0.266 e. The normalized spacial score (nSPS) is 16.6. The Balaban J connectivity index is 1.51. The number of nitrogens with one attached hydrogen (secondary N) is 1. The van der Waals surface area contributed by atoms with Gasteiger partial charge in [-0.1, -0.05) is 24.1 Å². The van der Waals surface area contributed by atoms with Crippen LogP contribution >= 0.6 is 22.9 Å². The summed E-state index contributed by atoms with van der Waals surface area (Å²) in [6.45, 7) is 5.19. The van der Waals surface area contributed by atoms with Crippen molar-refractivity contribution in [3.05, 3.63) is 49.8 Å². The fourth-order valence-corrected chi connectivity index (χ4v) is 5.91. The summed E-state index contributed by atoms with van der Waals surface area (Å²) in [6, 6.07) is 5.50. The largest absolute Gasteiger partial charge is 0.378 e. The predicted octanol–water partition coefficient (Wildman–Crippen LogP) is 4.24. The van der Waals surface area contributed by atoms with E-state index in [1.165, 1.54) is 11.3 Å². The Bertz CT molecular complexity index is 1250. The third-order valence-electron chi connectivity index (χ3n) is 6.18. The summed E-state index contributed by atoms with van der Waals surface area (Å²) >= 11 is 7.80. The molecule has 0 saturated carbocycles. The number of aromatic nitrogens is 2. The lowest BCUT2D eigenvalue weighted by molar-refractivity contribution is 0.103. The minimum absolute atomic E-state index is 0.0311. The summed E-state index contributed by atoms with van der Waals surface area (Å²) < 4.78 is 7.25. The zero-order valence-electron chi connectivity index (χ0n) is 17.9. The number of fused-ring (bicyclic) bond motifs is 2. The first-order valence-electron chi connectivity index (χ1n) is 11.0. The zero-order valence-corrected chi connectivity index (χ0v) is 19.5. The van der Waals surface area contributed by atoms with Crippen LogP contribution in [0, 0.1) is 6.92 Å². The number of thiophene rings is 1. The van der Waals surface area contributed by atoms with E-state index < -0.39 is 0 Å². The molecular formula is C23H25ClN4O3S. The van der Waals surface area contributed by atoms with Gasteiger partial charge in [-0.25, -0.2) is 4.98 Å². The molecule has 0 spiro atoms. The van der Waals surface area contributed by atoms with Gasteiger partial charge in [0.05, 0.1) is 39.9 Å². The van der Waals surface area contributed by atoms with E-state index in [1.54, 1.807) is 4.57 Å². The van der Waals surface area contributed by atoms with Crippen molar-refractivity contribution < 1.29 is 9.53 Å². The van der Waals surface area contributed by atoms with Gasteiger partial charge in [0.2, 0.25) is 0 Å².